The molecule has 0 bridgehead atoms. The summed E-state index contributed by atoms with van der Waals surface area (Å²) in [7, 11) is 1.52. The molecule has 0 aliphatic carbocycles. The van der Waals surface area contributed by atoms with Gasteiger partial charge in [0.25, 0.3) is 0 Å². The Labute approximate surface area is 127 Å². The average molecular weight is 308 g/mol. The lowest BCUT2D eigenvalue weighted by Gasteiger charge is -2.11. The van der Waals surface area contributed by atoms with Gasteiger partial charge in [0.2, 0.25) is 5.91 Å². The van der Waals surface area contributed by atoms with E-state index in [-0.39, 0.29) is 24.0 Å². The highest BCUT2D eigenvalue weighted by atomic mass is 32.1. The first-order valence-corrected chi connectivity index (χ1v) is 6.44. The van der Waals surface area contributed by atoms with Crippen LogP contribution in [0.5, 0.6) is 0 Å². The van der Waals surface area contributed by atoms with E-state index in [2.05, 4.69) is 27.5 Å². The predicted molar refractivity (Wildman–Crippen MR) is 81.1 cm³/mol. The van der Waals surface area contributed by atoms with E-state index >= 15 is 0 Å². The number of carbonyl (C=O) groups is 2. The summed E-state index contributed by atoms with van der Waals surface area (Å²) in [5.41, 5.74) is 1.13. The number of carbonyl (C=O) groups excluding carboxylic acids is 2. The number of pyridine rings is 1. The molecule has 1 heterocycles. The Kier molecular flexibility index (Phi) is 6.82. The zero-order valence-corrected chi connectivity index (χ0v) is 12.3. The van der Waals surface area contributed by atoms with Crippen molar-refractivity contribution in [2.75, 3.05) is 7.05 Å². The van der Waals surface area contributed by atoms with Gasteiger partial charge in [-0.05, 0) is 18.3 Å². The summed E-state index contributed by atoms with van der Waals surface area (Å²) in [4.78, 5) is 26.5. The number of hydrogen-bond donors (Lipinski definition) is 3. The highest BCUT2D eigenvalue weighted by Gasteiger charge is 2.08. The van der Waals surface area contributed by atoms with Crippen molar-refractivity contribution in [1.82, 2.24) is 20.9 Å². The minimum Gasteiger partial charge on any atom is -0.444 e. The van der Waals surface area contributed by atoms with Crippen molar-refractivity contribution in [3.8, 4) is 0 Å². The Morgan fingerprint density at radius 1 is 1.43 bits per heavy atom. The number of ether oxygens (including phenoxy) is 1. The van der Waals surface area contributed by atoms with Crippen molar-refractivity contribution in [2.45, 2.75) is 13.0 Å². The molecule has 8 heteroatoms. The topological polar surface area (TPSA) is 92.4 Å². The molecular weight excluding hydrogens is 292 g/mol. The molecule has 0 radical (unpaired) electrons. The molecule has 0 atom stereocenters. The van der Waals surface area contributed by atoms with Gasteiger partial charge in [-0.15, -0.1) is 0 Å². The lowest BCUT2D eigenvalue weighted by molar-refractivity contribution is -0.119. The normalized spacial score (nSPS) is 9.38. The second kappa shape index (κ2) is 8.64. The van der Waals surface area contributed by atoms with Crippen LogP contribution >= 0.6 is 12.2 Å². The molecule has 2 amide bonds. The predicted octanol–water partition coefficient (Wildman–Crippen LogP) is 0.832. The van der Waals surface area contributed by atoms with Crippen LogP contribution in [0.2, 0.25) is 0 Å². The molecule has 0 spiro atoms. The standard InChI is InChI=1S/C13H16N4O3S/c1-9(6-11(18)14-2)16-12(21)17-13(19)20-8-10-4-3-5-15-7-10/h3-5,7H,1,6,8H2,2H3,(H,14,18)(H2,16,17,19,21). The molecule has 1 aromatic rings. The van der Waals surface area contributed by atoms with Gasteiger partial charge < -0.3 is 15.4 Å². The van der Waals surface area contributed by atoms with Crippen LogP contribution in [-0.2, 0) is 16.1 Å². The molecular formula is C13H16N4O3S. The van der Waals surface area contributed by atoms with Crippen LogP contribution in [0, 0.1) is 0 Å². The maximum Gasteiger partial charge on any atom is 0.413 e. The number of amides is 2. The average Bonchev–Trinajstić information content (AvgIpc) is 2.45. The second-order valence-electron chi connectivity index (χ2n) is 3.97. The van der Waals surface area contributed by atoms with Crippen molar-refractivity contribution in [3.05, 3.63) is 42.4 Å². The minimum absolute atomic E-state index is 0.0140. The lowest BCUT2D eigenvalue weighted by atomic mass is 10.3. The fourth-order valence-corrected chi connectivity index (χ4v) is 1.51. The van der Waals surface area contributed by atoms with Gasteiger partial charge in [-0.2, -0.15) is 0 Å². The van der Waals surface area contributed by atoms with Crippen LogP contribution in [-0.4, -0.2) is 29.1 Å². The summed E-state index contributed by atoms with van der Waals surface area (Å²) in [6.45, 7) is 3.71. The zero-order valence-electron chi connectivity index (χ0n) is 11.5. The molecule has 0 saturated carbocycles. The van der Waals surface area contributed by atoms with Crippen molar-refractivity contribution < 1.29 is 14.3 Å². The summed E-state index contributed by atoms with van der Waals surface area (Å²) in [6.07, 6.45) is 2.57. The fourth-order valence-electron chi connectivity index (χ4n) is 1.28. The quantitative estimate of drug-likeness (QED) is 0.698. The molecule has 0 fully saturated rings. The van der Waals surface area contributed by atoms with Gasteiger partial charge >= 0.3 is 6.09 Å². The summed E-state index contributed by atoms with van der Waals surface area (Å²) in [5.74, 6) is -0.213. The van der Waals surface area contributed by atoms with Gasteiger partial charge in [-0.25, -0.2) is 4.79 Å². The molecule has 0 unspecified atom stereocenters. The molecule has 112 valence electrons. The first kappa shape index (κ1) is 16.6. The summed E-state index contributed by atoms with van der Waals surface area (Å²) >= 11 is 4.90. The van der Waals surface area contributed by atoms with E-state index in [1.54, 1.807) is 24.5 Å². The maximum atomic E-state index is 11.5. The molecule has 7 nitrogen and oxygen atoms in total. The molecule has 0 aliphatic rings. The fraction of sp³-hybridized carbons (Fsp3) is 0.231. The smallest absolute Gasteiger partial charge is 0.413 e. The van der Waals surface area contributed by atoms with E-state index in [9.17, 15) is 9.59 Å². The Balaban J connectivity index is 2.29. The number of alkyl carbamates (subject to hydrolysis) is 1. The minimum atomic E-state index is -0.705. The largest absolute Gasteiger partial charge is 0.444 e. The first-order chi connectivity index (χ1) is 10.0. The Bertz CT molecular complexity index is 533. The number of thiocarbonyl (C=S) groups is 1. The third-order valence-corrected chi connectivity index (χ3v) is 2.46. The van der Waals surface area contributed by atoms with E-state index in [0.717, 1.165) is 5.56 Å². The number of hydrogen-bond acceptors (Lipinski definition) is 5. The van der Waals surface area contributed by atoms with Crippen LogP contribution in [0.4, 0.5) is 4.79 Å². The van der Waals surface area contributed by atoms with Crippen molar-refractivity contribution in [1.29, 1.82) is 0 Å². The highest BCUT2D eigenvalue weighted by Crippen LogP contribution is 1.98. The van der Waals surface area contributed by atoms with E-state index in [4.69, 9.17) is 17.0 Å². The van der Waals surface area contributed by atoms with Gasteiger partial charge in [0.15, 0.2) is 5.11 Å². The molecule has 1 rings (SSSR count). The monoisotopic (exact) mass is 308 g/mol. The highest BCUT2D eigenvalue weighted by molar-refractivity contribution is 7.80. The third kappa shape index (κ3) is 7.02. The lowest BCUT2D eigenvalue weighted by Crippen LogP contribution is -2.39. The number of rotatable bonds is 5. The van der Waals surface area contributed by atoms with E-state index in [1.807, 2.05) is 0 Å². The Morgan fingerprint density at radius 3 is 2.81 bits per heavy atom. The SMILES string of the molecule is C=C(CC(=O)NC)NC(=S)NC(=O)OCc1cccnc1. The number of aromatic nitrogens is 1. The van der Waals surface area contributed by atoms with Crippen molar-refractivity contribution >= 4 is 29.3 Å². The summed E-state index contributed by atoms with van der Waals surface area (Å²) in [6, 6.07) is 3.52. The maximum absolute atomic E-state index is 11.5. The number of nitrogens with zero attached hydrogens (tertiary/aromatic N) is 1. The zero-order chi connectivity index (χ0) is 15.7. The van der Waals surface area contributed by atoms with Gasteiger partial charge in [0.05, 0.1) is 6.42 Å². The first-order valence-electron chi connectivity index (χ1n) is 6.03. The second-order valence-corrected chi connectivity index (χ2v) is 4.38. The van der Waals surface area contributed by atoms with Crippen LogP contribution in [0.1, 0.15) is 12.0 Å². The van der Waals surface area contributed by atoms with Crippen molar-refractivity contribution in [2.24, 2.45) is 0 Å². The van der Waals surface area contributed by atoms with Crippen LogP contribution in [0.3, 0.4) is 0 Å². The van der Waals surface area contributed by atoms with E-state index < -0.39 is 6.09 Å². The molecule has 0 aliphatic heterocycles. The van der Waals surface area contributed by atoms with Gasteiger partial charge in [0.1, 0.15) is 6.61 Å². The van der Waals surface area contributed by atoms with Gasteiger partial charge in [-0.3, -0.25) is 15.1 Å². The van der Waals surface area contributed by atoms with E-state index in [1.165, 1.54) is 7.05 Å². The molecule has 21 heavy (non-hydrogen) atoms. The molecule has 0 aromatic carbocycles. The van der Waals surface area contributed by atoms with Gasteiger partial charge in [0, 0.05) is 30.7 Å². The third-order valence-electron chi connectivity index (χ3n) is 2.25. The Hall–Kier alpha value is -2.48. The van der Waals surface area contributed by atoms with Crippen LogP contribution < -0.4 is 16.0 Å². The Morgan fingerprint density at radius 2 is 2.19 bits per heavy atom. The van der Waals surface area contributed by atoms with Crippen molar-refractivity contribution in [3.63, 3.8) is 0 Å². The molecule has 1 aromatic heterocycles. The number of nitrogens with one attached hydrogen (secondary N) is 3. The molecule has 3 N–H and O–H groups in total. The van der Waals surface area contributed by atoms with Crippen LogP contribution in [0.15, 0.2) is 36.8 Å². The molecule has 0 saturated heterocycles. The van der Waals surface area contributed by atoms with Gasteiger partial charge in [-0.1, -0.05) is 12.6 Å². The summed E-state index contributed by atoms with van der Waals surface area (Å²) in [5, 5.41) is 7.41. The summed E-state index contributed by atoms with van der Waals surface area (Å²) < 4.78 is 4.96. The van der Waals surface area contributed by atoms with Crippen LogP contribution in [0.25, 0.3) is 0 Å². The van der Waals surface area contributed by atoms with E-state index in [0.29, 0.717) is 5.70 Å².